The van der Waals surface area contributed by atoms with Crippen LogP contribution in [0.5, 0.6) is 11.5 Å². The highest BCUT2D eigenvalue weighted by Crippen LogP contribution is 2.40. The second-order valence-corrected chi connectivity index (χ2v) is 7.84. The van der Waals surface area contributed by atoms with Gasteiger partial charge in [0.25, 0.3) is 5.91 Å². The Morgan fingerprint density at radius 2 is 1.79 bits per heavy atom. The molecular weight excluding hydrogens is 364 g/mol. The molecule has 29 heavy (non-hydrogen) atoms. The minimum absolute atomic E-state index is 0.0280. The molecule has 156 valence electrons. The predicted molar refractivity (Wildman–Crippen MR) is 116 cm³/mol. The normalized spacial score (nSPS) is 17.5. The summed E-state index contributed by atoms with van der Waals surface area (Å²) in [6, 6.07) is 13.6. The van der Waals surface area contributed by atoms with Gasteiger partial charge < -0.3 is 14.8 Å². The first kappa shape index (κ1) is 21.2. The lowest BCUT2D eigenvalue weighted by Crippen LogP contribution is -2.51. The number of likely N-dealkylation sites (N-methyl/N-ethyl adjacent to an activating group) is 1. The number of carbonyl (C=O) groups is 1. The first-order chi connectivity index (χ1) is 14.0. The van der Waals surface area contributed by atoms with Crippen LogP contribution in [-0.4, -0.2) is 44.2 Å². The Hall–Kier alpha value is -2.53. The molecule has 1 N–H and O–H groups in total. The first-order valence-electron chi connectivity index (χ1n) is 10.3. The van der Waals surface area contributed by atoms with Gasteiger partial charge in [0.05, 0.1) is 26.3 Å². The van der Waals surface area contributed by atoms with Gasteiger partial charge in [0.15, 0.2) is 11.5 Å². The molecule has 2 unspecified atom stereocenters. The largest absolute Gasteiger partial charge is 0.493 e. The highest BCUT2D eigenvalue weighted by molar-refractivity contribution is 5.94. The number of rotatable bonds is 7. The minimum atomic E-state index is -0.0343. The molecule has 2 atom stereocenters. The molecule has 0 aromatic heterocycles. The minimum Gasteiger partial charge on any atom is -0.493 e. The fourth-order valence-corrected chi connectivity index (χ4v) is 4.24. The Balaban J connectivity index is 2.01. The van der Waals surface area contributed by atoms with E-state index in [1.807, 2.05) is 30.3 Å². The maximum Gasteiger partial charge on any atom is 0.251 e. The summed E-state index contributed by atoms with van der Waals surface area (Å²) in [6.45, 7) is 8.38. The van der Waals surface area contributed by atoms with Crippen molar-refractivity contribution in [2.75, 3.05) is 27.3 Å². The van der Waals surface area contributed by atoms with Gasteiger partial charge in [0, 0.05) is 12.1 Å². The molecule has 5 heteroatoms. The molecule has 0 aliphatic carbocycles. The van der Waals surface area contributed by atoms with Crippen LogP contribution < -0.4 is 14.8 Å². The van der Waals surface area contributed by atoms with E-state index < -0.39 is 0 Å². The number of nitrogens with one attached hydrogen (secondary N) is 1. The zero-order chi connectivity index (χ0) is 21.0. The standard InChI is InChI=1S/C24H32N2O3/c1-6-26-13-12-18-14-20(28-4)21(29-5)15-19(18)23(26)22(16(2)3)25-24(27)17-10-8-7-9-11-17/h7-11,14-16,22-23H,6,12-13H2,1-5H3,(H,25,27). The maximum absolute atomic E-state index is 13.0. The highest BCUT2D eigenvalue weighted by Gasteiger charge is 2.36. The maximum atomic E-state index is 13.0. The molecule has 2 aromatic rings. The van der Waals surface area contributed by atoms with Crippen molar-refractivity contribution in [1.82, 2.24) is 10.2 Å². The summed E-state index contributed by atoms with van der Waals surface area (Å²) in [5, 5.41) is 3.32. The third kappa shape index (κ3) is 4.40. The number of hydrogen-bond acceptors (Lipinski definition) is 4. The number of fused-ring (bicyclic) bond motifs is 1. The lowest BCUT2D eigenvalue weighted by Gasteiger charge is -2.43. The molecule has 1 aliphatic heterocycles. The van der Waals surface area contributed by atoms with Crippen LogP contribution in [0.3, 0.4) is 0 Å². The van der Waals surface area contributed by atoms with Crippen LogP contribution in [0.4, 0.5) is 0 Å². The lowest BCUT2D eigenvalue weighted by molar-refractivity contribution is 0.0834. The number of amides is 1. The number of nitrogens with zero attached hydrogens (tertiary/aromatic N) is 1. The van der Waals surface area contributed by atoms with Crippen molar-refractivity contribution >= 4 is 5.91 Å². The monoisotopic (exact) mass is 396 g/mol. The second kappa shape index (κ2) is 9.31. The van der Waals surface area contributed by atoms with E-state index in [4.69, 9.17) is 9.47 Å². The van der Waals surface area contributed by atoms with E-state index in [0.29, 0.717) is 5.56 Å². The van der Waals surface area contributed by atoms with Crippen molar-refractivity contribution in [1.29, 1.82) is 0 Å². The third-order valence-electron chi connectivity index (χ3n) is 5.82. The number of carbonyl (C=O) groups excluding carboxylic acids is 1. The van der Waals surface area contributed by atoms with E-state index >= 15 is 0 Å². The molecular formula is C24H32N2O3. The predicted octanol–water partition coefficient (Wildman–Crippen LogP) is 4.08. The van der Waals surface area contributed by atoms with Crippen LogP contribution in [0.2, 0.25) is 0 Å². The number of benzene rings is 2. The Morgan fingerprint density at radius 3 is 2.38 bits per heavy atom. The van der Waals surface area contributed by atoms with Gasteiger partial charge in [-0.3, -0.25) is 9.69 Å². The first-order valence-corrected chi connectivity index (χ1v) is 10.3. The zero-order valence-corrected chi connectivity index (χ0v) is 18.1. The second-order valence-electron chi connectivity index (χ2n) is 7.84. The number of ether oxygens (including phenoxy) is 2. The SMILES string of the molecule is CCN1CCc2cc(OC)c(OC)cc2C1C(NC(=O)c1ccccc1)C(C)C. The molecule has 2 aromatic carbocycles. The Labute approximate surface area is 174 Å². The van der Waals surface area contributed by atoms with Gasteiger partial charge in [-0.25, -0.2) is 0 Å². The Kier molecular flexibility index (Phi) is 6.80. The average Bonchev–Trinajstić information content (AvgIpc) is 2.75. The summed E-state index contributed by atoms with van der Waals surface area (Å²) >= 11 is 0. The van der Waals surface area contributed by atoms with Crippen LogP contribution in [0, 0.1) is 5.92 Å². The summed E-state index contributed by atoms with van der Waals surface area (Å²) in [5.74, 6) is 1.71. The summed E-state index contributed by atoms with van der Waals surface area (Å²) in [4.78, 5) is 15.4. The van der Waals surface area contributed by atoms with Crippen LogP contribution in [0.15, 0.2) is 42.5 Å². The smallest absolute Gasteiger partial charge is 0.251 e. The fraction of sp³-hybridized carbons (Fsp3) is 0.458. The summed E-state index contributed by atoms with van der Waals surface area (Å²) in [7, 11) is 3.33. The van der Waals surface area contributed by atoms with E-state index in [1.165, 1.54) is 11.1 Å². The molecule has 0 fully saturated rings. The van der Waals surface area contributed by atoms with Gasteiger partial charge in [0.1, 0.15) is 0 Å². The summed E-state index contributed by atoms with van der Waals surface area (Å²) in [6.07, 6.45) is 0.956. The van der Waals surface area contributed by atoms with Crippen molar-refractivity contribution in [3.05, 3.63) is 59.2 Å². The van der Waals surface area contributed by atoms with Gasteiger partial charge in [-0.05, 0) is 54.3 Å². The van der Waals surface area contributed by atoms with E-state index in [-0.39, 0.29) is 23.9 Å². The molecule has 1 amide bonds. The lowest BCUT2D eigenvalue weighted by atomic mass is 9.83. The van der Waals surface area contributed by atoms with Crippen LogP contribution in [-0.2, 0) is 6.42 Å². The van der Waals surface area contributed by atoms with Crippen molar-refractivity contribution in [2.24, 2.45) is 5.92 Å². The molecule has 3 rings (SSSR count). The summed E-state index contributed by atoms with van der Waals surface area (Å²) in [5.41, 5.74) is 3.16. The van der Waals surface area contributed by atoms with Gasteiger partial charge in [-0.15, -0.1) is 0 Å². The molecule has 1 heterocycles. The van der Waals surface area contributed by atoms with Crippen molar-refractivity contribution < 1.29 is 14.3 Å². The Morgan fingerprint density at radius 1 is 1.14 bits per heavy atom. The van der Waals surface area contributed by atoms with E-state index in [1.54, 1.807) is 14.2 Å². The number of hydrogen-bond donors (Lipinski definition) is 1. The van der Waals surface area contributed by atoms with Crippen molar-refractivity contribution in [3.8, 4) is 11.5 Å². The molecule has 0 bridgehead atoms. The Bertz CT molecular complexity index is 836. The van der Waals surface area contributed by atoms with E-state index in [0.717, 1.165) is 31.0 Å². The van der Waals surface area contributed by atoms with Crippen molar-refractivity contribution in [2.45, 2.75) is 39.3 Å². The topological polar surface area (TPSA) is 50.8 Å². The van der Waals surface area contributed by atoms with Crippen LogP contribution in [0.1, 0.15) is 48.3 Å². The van der Waals surface area contributed by atoms with Gasteiger partial charge >= 0.3 is 0 Å². The highest BCUT2D eigenvalue weighted by atomic mass is 16.5. The summed E-state index contributed by atoms with van der Waals surface area (Å²) < 4.78 is 11.1. The average molecular weight is 397 g/mol. The third-order valence-corrected chi connectivity index (χ3v) is 5.82. The van der Waals surface area contributed by atoms with Gasteiger partial charge in [-0.1, -0.05) is 39.0 Å². The van der Waals surface area contributed by atoms with E-state index in [2.05, 4.69) is 43.1 Å². The number of methoxy groups -OCH3 is 2. The zero-order valence-electron chi connectivity index (χ0n) is 18.1. The molecule has 5 nitrogen and oxygen atoms in total. The molecule has 0 radical (unpaired) electrons. The van der Waals surface area contributed by atoms with Gasteiger partial charge in [0.2, 0.25) is 0 Å². The molecule has 1 aliphatic rings. The fourth-order valence-electron chi connectivity index (χ4n) is 4.24. The molecule has 0 saturated carbocycles. The van der Waals surface area contributed by atoms with Crippen LogP contribution in [0.25, 0.3) is 0 Å². The van der Waals surface area contributed by atoms with Gasteiger partial charge in [-0.2, -0.15) is 0 Å². The van der Waals surface area contributed by atoms with Crippen molar-refractivity contribution in [3.63, 3.8) is 0 Å². The van der Waals surface area contributed by atoms with E-state index in [9.17, 15) is 4.79 Å². The quantitative estimate of drug-likeness (QED) is 0.766. The van der Waals surface area contributed by atoms with Crippen LogP contribution >= 0.6 is 0 Å². The molecule has 0 spiro atoms. The molecule has 0 saturated heterocycles.